The van der Waals surface area contributed by atoms with Crippen molar-refractivity contribution in [3.63, 3.8) is 0 Å². The SMILES string of the molecule is NC(=O)C1(N)CCCC1CCSc1nc2ccccc2[nH]1. The highest BCUT2D eigenvalue weighted by molar-refractivity contribution is 7.99. The first-order valence-corrected chi connectivity index (χ1v) is 8.24. The first-order valence-electron chi connectivity index (χ1n) is 7.26. The summed E-state index contributed by atoms with van der Waals surface area (Å²) in [5, 5.41) is 0.913. The smallest absolute Gasteiger partial charge is 0.237 e. The molecule has 5 N–H and O–H groups in total. The van der Waals surface area contributed by atoms with Crippen LogP contribution in [0.25, 0.3) is 11.0 Å². The first-order chi connectivity index (χ1) is 10.1. The number of nitrogens with two attached hydrogens (primary N) is 2. The minimum absolute atomic E-state index is 0.187. The lowest BCUT2D eigenvalue weighted by atomic mass is 9.85. The first kappa shape index (κ1) is 14.4. The number of aromatic nitrogens is 2. The summed E-state index contributed by atoms with van der Waals surface area (Å²) in [7, 11) is 0. The molecular formula is C15H20N4OS. The fraction of sp³-hybridized carbons (Fsp3) is 0.467. The highest BCUT2D eigenvalue weighted by Crippen LogP contribution is 2.37. The number of thioether (sulfide) groups is 1. The molecule has 0 aliphatic heterocycles. The van der Waals surface area contributed by atoms with Crippen molar-refractivity contribution in [2.24, 2.45) is 17.4 Å². The number of primary amides is 1. The second-order valence-electron chi connectivity index (χ2n) is 5.69. The molecule has 6 heteroatoms. The Morgan fingerprint density at radius 1 is 1.48 bits per heavy atom. The number of fused-ring (bicyclic) bond motifs is 1. The number of rotatable bonds is 5. The predicted molar refractivity (Wildman–Crippen MR) is 84.9 cm³/mol. The molecule has 2 aromatic rings. The van der Waals surface area contributed by atoms with Crippen LogP contribution in [-0.2, 0) is 4.79 Å². The summed E-state index contributed by atoms with van der Waals surface area (Å²) in [6.07, 6.45) is 3.57. The van der Waals surface area contributed by atoms with Crippen LogP contribution >= 0.6 is 11.8 Å². The van der Waals surface area contributed by atoms with Crippen molar-refractivity contribution in [2.75, 3.05) is 5.75 Å². The summed E-state index contributed by atoms with van der Waals surface area (Å²) in [5.74, 6) is 0.710. The molecule has 1 aromatic carbocycles. The van der Waals surface area contributed by atoms with Gasteiger partial charge in [0.15, 0.2) is 5.16 Å². The third-order valence-electron chi connectivity index (χ3n) is 4.40. The molecule has 1 aliphatic rings. The van der Waals surface area contributed by atoms with E-state index in [9.17, 15) is 4.79 Å². The molecule has 1 aliphatic carbocycles. The van der Waals surface area contributed by atoms with Gasteiger partial charge in [0.05, 0.1) is 16.6 Å². The van der Waals surface area contributed by atoms with Crippen LogP contribution < -0.4 is 11.5 Å². The lowest BCUT2D eigenvalue weighted by Gasteiger charge is -2.27. The fourth-order valence-electron chi connectivity index (χ4n) is 3.12. The quantitative estimate of drug-likeness (QED) is 0.736. The van der Waals surface area contributed by atoms with Crippen LogP contribution in [0, 0.1) is 5.92 Å². The number of nitrogens with zero attached hydrogens (tertiary/aromatic N) is 1. The minimum atomic E-state index is -0.811. The molecule has 0 spiro atoms. The monoisotopic (exact) mass is 304 g/mol. The van der Waals surface area contributed by atoms with Crippen molar-refractivity contribution in [1.29, 1.82) is 0 Å². The molecule has 1 fully saturated rings. The van der Waals surface area contributed by atoms with Gasteiger partial charge in [-0.2, -0.15) is 0 Å². The summed E-state index contributed by atoms with van der Waals surface area (Å²) in [6, 6.07) is 7.97. The summed E-state index contributed by atoms with van der Waals surface area (Å²) in [5.41, 5.74) is 12.9. The van der Waals surface area contributed by atoms with Gasteiger partial charge in [0, 0.05) is 5.75 Å². The zero-order valence-electron chi connectivity index (χ0n) is 11.8. The molecule has 1 amide bonds. The van der Waals surface area contributed by atoms with Gasteiger partial charge < -0.3 is 16.5 Å². The maximum absolute atomic E-state index is 11.6. The number of para-hydroxylation sites is 2. The van der Waals surface area contributed by atoms with Crippen LogP contribution in [0.15, 0.2) is 29.4 Å². The number of hydrogen-bond donors (Lipinski definition) is 3. The van der Waals surface area contributed by atoms with Crippen LogP contribution in [0.1, 0.15) is 25.7 Å². The van der Waals surface area contributed by atoms with E-state index in [2.05, 4.69) is 9.97 Å². The largest absolute Gasteiger partial charge is 0.368 e. The average molecular weight is 304 g/mol. The molecule has 1 aromatic heterocycles. The molecule has 0 saturated heterocycles. The van der Waals surface area contributed by atoms with Gasteiger partial charge in [0.25, 0.3) is 0 Å². The zero-order chi connectivity index (χ0) is 14.9. The summed E-state index contributed by atoms with van der Waals surface area (Å²) >= 11 is 1.67. The van der Waals surface area contributed by atoms with Gasteiger partial charge >= 0.3 is 0 Å². The van der Waals surface area contributed by atoms with E-state index in [1.54, 1.807) is 11.8 Å². The molecular weight excluding hydrogens is 284 g/mol. The maximum Gasteiger partial charge on any atom is 0.237 e. The fourth-order valence-corrected chi connectivity index (χ4v) is 4.07. The van der Waals surface area contributed by atoms with Crippen molar-refractivity contribution in [3.8, 4) is 0 Å². The average Bonchev–Trinajstić information content (AvgIpc) is 3.03. The van der Waals surface area contributed by atoms with Crippen molar-refractivity contribution < 1.29 is 4.79 Å². The van der Waals surface area contributed by atoms with E-state index in [4.69, 9.17) is 11.5 Å². The van der Waals surface area contributed by atoms with Gasteiger partial charge in [-0.25, -0.2) is 4.98 Å². The van der Waals surface area contributed by atoms with Crippen LogP contribution in [0.5, 0.6) is 0 Å². The lowest BCUT2D eigenvalue weighted by Crippen LogP contribution is -2.54. The molecule has 0 radical (unpaired) electrons. The standard InChI is InChI=1S/C15H20N4OS/c16-13(20)15(17)8-3-4-10(15)7-9-21-14-18-11-5-1-2-6-12(11)19-14/h1-2,5-6,10H,3-4,7-9,17H2,(H2,16,20)(H,18,19). The number of benzene rings is 1. The highest BCUT2D eigenvalue weighted by Gasteiger charge is 2.43. The van der Waals surface area contributed by atoms with Gasteiger partial charge in [-0.05, 0) is 37.3 Å². The van der Waals surface area contributed by atoms with Crippen molar-refractivity contribution in [3.05, 3.63) is 24.3 Å². The van der Waals surface area contributed by atoms with E-state index >= 15 is 0 Å². The number of nitrogens with one attached hydrogen (secondary N) is 1. The summed E-state index contributed by atoms with van der Waals surface area (Å²) in [6.45, 7) is 0. The second kappa shape index (κ2) is 5.69. The topological polar surface area (TPSA) is 97.8 Å². The molecule has 112 valence electrons. The number of aromatic amines is 1. The third kappa shape index (κ3) is 2.78. The minimum Gasteiger partial charge on any atom is -0.368 e. The van der Waals surface area contributed by atoms with Crippen LogP contribution in [-0.4, -0.2) is 27.2 Å². The Morgan fingerprint density at radius 3 is 3.05 bits per heavy atom. The van der Waals surface area contributed by atoms with Gasteiger partial charge in [-0.1, -0.05) is 30.3 Å². The third-order valence-corrected chi connectivity index (χ3v) is 5.31. The number of hydrogen-bond acceptors (Lipinski definition) is 4. The Balaban J connectivity index is 1.59. The van der Waals surface area contributed by atoms with Crippen LogP contribution in [0.4, 0.5) is 0 Å². The second-order valence-corrected chi connectivity index (χ2v) is 6.77. The zero-order valence-corrected chi connectivity index (χ0v) is 12.7. The van der Waals surface area contributed by atoms with E-state index in [1.165, 1.54) is 0 Å². The highest BCUT2D eigenvalue weighted by atomic mass is 32.2. The number of imidazole rings is 1. The lowest BCUT2D eigenvalue weighted by molar-refractivity contribution is -0.124. The van der Waals surface area contributed by atoms with E-state index in [1.807, 2.05) is 24.3 Å². The van der Waals surface area contributed by atoms with E-state index < -0.39 is 5.54 Å². The number of carbonyl (C=O) groups is 1. The molecule has 5 nitrogen and oxygen atoms in total. The Morgan fingerprint density at radius 2 is 2.29 bits per heavy atom. The number of amides is 1. The number of carbonyl (C=O) groups excluding carboxylic acids is 1. The van der Waals surface area contributed by atoms with E-state index in [0.717, 1.165) is 41.2 Å². The number of H-pyrrole nitrogens is 1. The van der Waals surface area contributed by atoms with Gasteiger partial charge in [-0.3, -0.25) is 4.79 Å². The Kier molecular flexibility index (Phi) is 3.91. The molecule has 1 heterocycles. The van der Waals surface area contributed by atoms with Crippen molar-refractivity contribution in [1.82, 2.24) is 9.97 Å². The normalized spacial score (nSPS) is 25.5. The summed E-state index contributed by atoms with van der Waals surface area (Å²) < 4.78 is 0. The molecule has 1 saturated carbocycles. The molecule has 3 rings (SSSR count). The van der Waals surface area contributed by atoms with Gasteiger partial charge in [-0.15, -0.1) is 0 Å². The molecule has 2 atom stereocenters. The van der Waals surface area contributed by atoms with Gasteiger partial charge in [0.1, 0.15) is 0 Å². The molecule has 0 bridgehead atoms. The van der Waals surface area contributed by atoms with Crippen LogP contribution in [0.2, 0.25) is 0 Å². The summed E-state index contributed by atoms with van der Waals surface area (Å²) in [4.78, 5) is 19.4. The molecule has 2 unspecified atom stereocenters. The van der Waals surface area contributed by atoms with Crippen LogP contribution in [0.3, 0.4) is 0 Å². The maximum atomic E-state index is 11.6. The Hall–Kier alpha value is -1.53. The van der Waals surface area contributed by atoms with E-state index in [-0.39, 0.29) is 11.8 Å². The Bertz CT molecular complexity index is 623. The predicted octanol–water partition coefficient (Wildman–Crippen LogP) is 2.03. The Labute approximate surface area is 127 Å². The van der Waals surface area contributed by atoms with Crippen molar-refractivity contribution >= 4 is 28.7 Å². The van der Waals surface area contributed by atoms with Gasteiger partial charge in [0.2, 0.25) is 5.91 Å². The van der Waals surface area contributed by atoms with E-state index in [0.29, 0.717) is 6.42 Å². The molecule has 21 heavy (non-hydrogen) atoms. The van der Waals surface area contributed by atoms with Crippen molar-refractivity contribution in [2.45, 2.75) is 36.4 Å².